The molecule has 6 heteroatoms. The lowest BCUT2D eigenvalue weighted by atomic mass is 10.1. The molecule has 1 N–H and O–H groups in total. The van der Waals surface area contributed by atoms with Crippen molar-refractivity contribution in [2.24, 2.45) is 0 Å². The van der Waals surface area contributed by atoms with E-state index >= 15 is 0 Å². The van der Waals surface area contributed by atoms with E-state index in [9.17, 15) is 8.42 Å². The minimum absolute atomic E-state index is 0.0696. The summed E-state index contributed by atoms with van der Waals surface area (Å²) < 4.78 is 33.8. The highest BCUT2D eigenvalue weighted by Crippen LogP contribution is 2.21. The molecule has 0 heterocycles. The van der Waals surface area contributed by atoms with Gasteiger partial charge in [-0.05, 0) is 24.5 Å². The molecule has 0 aliphatic rings. The number of aliphatic hydroxyl groups is 1. The zero-order valence-corrected chi connectivity index (χ0v) is 16.8. The molecule has 1 aromatic carbocycles. The summed E-state index contributed by atoms with van der Waals surface area (Å²) in [6.07, 6.45) is 12.1. The summed E-state index contributed by atoms with van der Waals surface area (Å²) in [5.41, 5.74) is 0.640. The normalized spacial score (nSPS) is 11.6. The number of para-hydroxylation sites is 1. The number of rotatable bonds is 16. The first kappa shape index (κ1) is 22.9. The van der Waals surface area contributed by atoms with E-state index < -0.39 is 10.4 Å². The van der Waals surface area contributed by atoms with Gasteiger partial charge in [0, 0.05) is 6.61 Å². The molecule has 0 atom stereocenters. The van der Waals surface area contributed by atoms with Gasteiger partial charge in [0.2, 0.25) is 0 Å². The summed E-state index contributed by atoms with van der Waals surface area (Å²) in [7, 11) is -4.07. The second-order valence-corrected chi connectivity index (χ2v) is 7.80. The Balaban J connectivity index is 2.15. The van der Waals surface area contributed by atoms with Crippen LogP contribution in [0, 0.1) is 0 Å². The van der Waals surface area contributed by atoms with E-state index in [4.69, 9.17) is 13.5 Å². The first-order valence-corrected chi connectivity index (χ1v) is 11.2. The summed E-state index contributed by atoms with van der Waals surface area (Å²) in [4.78, 5) is 0. The maximum Gasteiger partial charge on any atom is 0.449 e. The maximum atomic E-state index is 11.9. The molecule has 0 aliphatic heterocycles. The zero-order chi connectivity index (χ0) is 19.1. The van der Waals surface area contributed by atoms with Crippen molar-refractivity contribution in [3.63, 3.8) is 0 Å². The van der Waals surface area contributed by atoms with E-state index in [0.29, 0.717) is 18.4 Å². The van der Waals surface area contributed by atoms with Gasteiger partial charge >= 0.3 is 10.4 Å². The van der Waals surface area contributed by atoms with Crippen LogP contribution in [0.25, 0.3) is 0 Å². The summed E-state index contributed by atoms with van der Waals surface area (Å²) in [6, 6.07) is 6.75. The van der Waals surface area contributed by atoms with Crippen LogP contribution in [0.4, 0.5) is 0 Å². The topological polar surface area (TPSA) is 72.8 Å². The minimum atomic E-state index is -4.07. The smallest absolute Gasteiger partial charge is 0.396 e. The molecule has 0 spiro atoms. The summed E-state index contributed by atoms with van der Waals surface area (Å²) in [5, 5.41) is 9.02. The molecule has 0 saturated heterocycles. The molecule has 0 fully saturated rings. The van der Waals surface area contributed by atoms with Crippen molar-refractivity contribution in [1.82, 2.24) is 0 Å². The van der Waals surface area contributed by atoms with Crippen molar-refractivity contribution < 1.29 is 21.9 Å². The van der Waals surface area contributed by atoms with Crippen LogP contribution >= 0.6 is 0 Å². The molecule has 0 aromatic heterocycles. The van der Waals surface area contributed by atoms with Crippen LogP contribution < -0.4 is 4.18 Å². The summed E-state index contributed by atoms with van der Waals surface area (Å²) in [6.45, 7) is 2.29. The van der Waals surface area contributed by atoms with Gasteiger partial charge in [0.05, 0.1) is 6.61 Å². The van der Waals surface area contributed by atoms with Crippen LogP contribution in [0.5, 0.6) is 5.75 Å². The van der Waals surface area contributed by atoms with E-state index in [1.807, 2.05) is 0 Å². The number of benzene rings is 1. The molecule has 0 aliphatic carbocycles. The Hall–Kier alpha value is -1.11. The predicted octanol–water partition coefficient (Wildman–Crippen LogP) is 4.78. The number of aliphatic hydroxyl groups excluding tert-OH is 1. The van der Waals surface area contributed by atoms with Crippen LogP contribution in [0.2, 0.25) is 0 Å². The lowest BCUT2D eigenvalue weighted by Crippen LogP contribution is -2.15. The first-order valence-electron chi connectivity index (χ1n) is 9.86. The Morgan fingerprint density at radius 2 is 1.46 bits per heavy atom. The minimum Gasteiger partial charge on any atom is -0.396 e. The monoisotopic (exact) mass is 386 g/mol. The number of hydrogen-bond acceptors (Lipinski definition) is 5. The van der Waals surface area contributed by atoms with Gasteiger partial charge in [-0.2, -0.15) is 8.42 Å². The van der Waals surface area contributed by atoms with Gasteiger partial charge in [-0.15, -0.1) is 0 Å². The van der Waals surface area contributed by atoms with Gasteiger partial charge in [-0.25, -0.2) is 4.18 Å². The van der Waals surface area contributed by atoms with Gasteiger partial charge in [0.25, 0.3) is 0 Å². The van der Waals surface area contributed by atoms with Crippen molar-refractivity contribution in [2.75, 3.05) is 13.2 Å². The molecule has 0 radical (unpaired) electrons. The summed E-state index contributed by atoms with van der Waals surface area (Å²) >= 11 is 0. The Morgan fingerprint density at radius 3 is 2.08 bits per heavy atom. The molecule has 0 bridgehead atoms. The summed E-state index contributed by atoms with van der Waals surface area (Å²) in [5.74, 6) is 0.213. The molecule has 5 nitrogen and oxygen atoms in total. The molecule has 0 amide bonds. The lowest BCUT2D eigenvalue weighted by molar-refractivity contribution is 0.263. The van der Waals surface area contributed by atoms with Gasteiger partial charge in [-0.1, -0.05) is 82.9 Å². The van der Waals surface area contributed by atoms with Crippen molar-refractivity contribution in [3.05, 3.63) is 29.8 Å². The zero-order valence-electron chi connectivity index (χ0n) is 16.0. The number of unbranched alkanes of at least 4 members (excludes halogenated alkanes) is 9. The maximum absolute atomic E-state index is 11.9. The number of hydrogen-bond donors (Lipinski definition) is 1. The Morgan fingerprint density at radius 1 is 0.885 bits per heavy atom. The standard InChI is InChI=1S/C20H34O5S/c1-2-3-4-5-6-7-8-9-10-13-18-24-26(22,23)25-20-15-12-11-14-19(20)16-17-21/h11-12,14-15,21H,2-10,13,16-18H2,1H3. The predicted molar refractivity (Wildman–Crippen MR) is 105 cm³/mol. The quantitative estimate of drug-likeness (QED) is 0.414. The van der Waals surface area contributed by atoms with Crippen molar-refractivity contribution in [3.8, 4) is 5.75 Å². The molecule has 1 rings (SSSR count). The van der Waals surface area contributed by atoms with Crippen LogP contribution in [0.3, 0.4) is 0 Å². The van der Waals surface area contributed by atoms with Crippen molar-refractivity contribution in [2.45, 2.75) is 77.6 Å². The molecule has 1 aromatic rings. The highest BCUT2D eigenvalue weighted by Gasteiger charge is 2.15. The highest BCUT2D eigenvalue weighted by atomic mass is 32.3. The van der Waals surface area contributed by atoms with E-state index in [1.54, 1.807) is 24.3 Å². The third-order valence-corrected chi connectivity index (χ3v) is 5.11. The van der Waals surface area contributed by atoms with E-state index in [0.717, 1.165) is 12.8 Å². The Bertz CT molecular complexity index is 571. The third-order valence-electron chi connectivity index (χ3n) is 4.27. The molecular formula is C20H34O5S. The van der Waals surface area contributed by atoms with Crippen LogP contribution in [0.1, 0.15) is 76.7 Å². The average Bonchev–Trinajstić information content (AvgIpc) is 2.61. The molecular weight excluding hydrogens is 352 g/mol. The fourth-order valence-corrected chi connectivity index (χ4v) is 3.55. The van der Waals surface area contributed by atoms with E-state index in [-0.39, 0.29) is 19.0 Å². The van der Waals surface area contributed by atoms with Gasteiger partial charge in [-0.3, -0.25) is 0 Å². The average molecular weight is 387 g/mol. The third kappa shape index (κ3) is 10.8. The fraction of sp³-hybridized carbons (Fsp3) is 0.700. The largest absolute Gasteiger partial charge is 0.449 e. The molecule has 150 valence electrons. The lowest BCUT2D eigenvalue weighted by Gasteiger charge is -2.10. The van der Waals surface area contributed by atoms with Gasteiger partial charge < -0.3 is 9.29 Å². The van der Waals surface area contributed by atoms with E-state index in [1.165, 1.54) is 44.9 Å². The second kappa shape index (κ2) is 14.0. The van der Waals surface area contributed by atoms with Gasteiger partial charge in [0.1, 0.15) is 5.75 Å². The van der Waals surface area contributed by atoms with Crippen molar-refractivity contribution >= 4 is 10.4 Å². The van der Waals surface area contributed by atoms with Crippen LogP contribution in [0.15, 0.2) is 24.3 Å². The van der Waals surface area contributed by atoms with E-state index in [2.05, 4.69) is 6.92 Å². The van der Waals surface area contributed by atoms with Crippen LogP contribution in [-0.4, -0.2) is 26.7 Å². The van der Waals surface area contributed by atoms with Gasteiger partial charge in [0.15, 0.2) is 0 Å². The molecule has 26 heavy (non-hydrogen) atoms. The molecule has 0 saturated carbocycles. The fourth-order valence-electron chi connectivity index (χ4n) is 2.80. The molecule has 0 unspecified atom stereocenters. The highest BCUT2D eigenvalue weighted by molar-refractivity contribution is 7.82. The first-order chi connectivity index (χ1) is 12.6. The Kier molecular flexibility index (Phi) is 12.4. The Labute approximate surface area is 159 Å². The second-order valence-electron chi connectivity index (χ2n) is 6.58. The van der Waals surface area contributed by atoms with Crippen LogP contribution in [-0.2, 0) is 21.0 Å². The SMILES string of the molecule is CCCCCCCCCCCCOS(=O)(=O)Oc1ccccc1CCO. The van der Waals surface area contributed by atoms with Crippen molar-refractivity contribution in [1.29, 1.82) is 0 Å².